The lowest BCUT2D eigenvalue weighted by Crippen LogP contribution is -2.61. The molecule has 0 spiro atoms. The molecule has 1 aliphatic rings. The molecule has 2 aromatic carbocycles. The van der Waals surface area contributed by atoms with Crippen molar-refractivity contribution in [1.82, 2.24) is 14.9 Å². The number of sulfonamides is 1. The van der Waals surface area contributed by atoms with Crippen LogP contribution in [-0.2, 0) is 21.2 Å². The Balaban J connectivity index is 1.80. The van der Waals surface area contributed by atoms with E-state index in [2.05, 4.69) is 10.6 Å². The molecule has 0 saturated carbocycles. The van der Waals surface area contributed by atoms with Crippen LogP contribution in [0, 0.1) is 18.6 Å². The Bertz CT molecular complexity index is 1060. The number of rotatable bonds is 7. The third-order valence-electron chi connectivity index (χ3n) is 5.39. The number of aliphatic hydroxyl groups excluding tert-OH is 1. The number of benzene rings is 2. The third-order valence-corrected chi connectivity index (χ3v) is 7.25. The van der Waals surface area contributed by atoms with E-state index in [9.17, 15) is 27.1 Å². The molecule has 1 heterocycles. The van der Waals surface area contributed by atoms with Crippen molar-refractivity contribution in [3.05, 3.63) is 65.2 Å². The van der Waals surface area contributed by atoms with Gasteiger partial charge in [-0.05, 0) is 48.7 Å². The number of nitrogens with one attached hydrogen (secondary N) is 2. The van der Waals surface area contributed by atoms with Crippen molar-refractivity contribution in [2.75, 3.05) is 19.6 Å². The second kappa shape index (κ2) is 10.0. The van der Waals surface area contributed by atoms with Crippen molar-refractivity contribution < 1.29 is 27.1 Å². The summed E-state index contributed by atoms with van der Waals surface area (Å²) in [7, 11) is -3.77. The molecule has 1 aliphatic heterocycles. The van der Waals surface area contributed by atoms with Gasteiger partial charge in [0.25, 0.3) is 0 Å². The largest absolute Gasteiger partial charge is 0.389 e. The fourth-order valence-electron chi connectivity index (χ4n) is 3.90. The number of halogens is 2. The Morgan fingerprint density at radius 1 is 1.25 bits per heavy atom. The molecule has 0 radical (unpaired) electrons. The number of carbonyl (C=O) groups excluding carboxylic acids is 1. The highest BCUT2D eigenvalue weighted by Gasteiger charge is 2.36. The van der Waals surface area contributed by atoms with Gasteiger partial charge >= 0.3 is 0 Å². The van der Waals surface area contributed by atoms with E-state index in [1.807, 2.05) is 0 Å². The Labute approximate surface area is 186 Å². The zero-order valence-electron chi connectivity index (χ0n) is 17.9. The maximum absolute atomic E-state index is 13.6. The van der Waals surface area contributed by atoms with Gasteiger partial charge in [0.1, 0.15) is 11.6 Å². The van der Waals surface area contributed by atoms with Crippen LogP contribution >= 0.6 is 0 Å². The van der Waals surface area contributed by atoms with Gasteiger partial charge in [-0.2, -0.15) is 4.31 Å². The number of piperazine rings is 1. The first-order valence-corrected chi connectivity index (χ1v) is 11.7. The highest BCUT2D eigenvalue weighted by molar-refractivity contribution is 7.89. The topological polar surface area (TPSA) is 98.7 Å². The van der Waals surface area contributed by atoms with E-state index in [0.29, 0.717) is 6.54 Å². The normalized spacial score (nSPS) is 19.3. The van der Waals surface area contributed by atoms with Gasteiger partial charge in [0, 0.05) is 38.7 Å². The van der Waals surface area contributed by atoms with Crippen molar-refractivity contribution in [3.63, 3.8) is 0 Å². The summed E-state index contributed by atoms with van der Waals surface area (Å²) >= 11 is 0. The van der Waals surface area contributed by atoms with Crippen molar-refractivity contribution in [3.8, 4) is 0 Å². The summed E-state index contributed by atoms with van der Waals surface area (Å²) in [5.74, 6) is -1.95. The number of hydrogen-bond donors (Lipinski definition) is 3. The van der Waals surface area contributed by atoms with Gasteiger partial charge in [0.05, 0.1) is 17.0 Å². The quantitative estimate of drug-likeness (QED) is 0.571. The van der Waals surface area contributed by atoms with Crippen LogP contribution in [0.1, 0.15) is 18.1 Å². The fraction of sp³-hybridized carbons (Fsp3) is 0.409. The molecule has 2 aromatic rings. The minimum atomic E-state index is -3.77. The minimum absolute atomic E-state index is 0.0228. The molecule has 1 saturated heterocycles. The van der Waals surface area contributed by atoms with Crippen LogP contribution < -0.4 is 10.6 Å². The SMILES string of the molecule is CC(=O)N[C@@H](Cc1cc(F)cc(F)c1)[C@H](O)[C@H]1CN(S(=O)(=O)c2cccc(C)c2)CCN1. The molecule has 0 aromatic heterocycles. The lowest BCUT2D eigenvalue weighted by atomic mass is 9.95. The minimum Gasteiger partial charge on any atom is -0.389 e. The van der Waals surface area contributed by atoms with E-state index in [1.165, 1.54) is 17.3 Å². The van der Waals surface area contributed by atoms with E-state index in [0.717, 1.165) is 23.8 Å². The van der Waals surface area contributed by atoms with E-state index in [4.69, 9.17) is 0 Å². The first kappa shape index (κ1) is 24.2. The highest BCUT2D eigenvalue weighted by Crippen LogP contribution is 2.21. The van der Waals surface area contributed by atoms with Crippen LogP contribution in [0.5, 0.6) is 0 Å². The van der Waals surface area contributed by atoms with Crippen LogP contribution in [0.3, 0.4) is 0 Å². The molecular weight excluding hydrogens is 440 g/mol. The molecule has 10 heteroatoms. The highest BCUT2D eigenvalue weighted by atomic mass is 32.2. The molecule has 3 atom stereocenters. The average Bonchev–Trinajstić information content (AvgIpc) is 2.72. The molecule has 3 N–H and O–H groups in total. The number of aryl methyl sites for hydroxylation is 1. The Kier molecular flexibility index (Phi) is 7.60. The van der Waals surface area contributed by atoms with Gasteiger partial charge in [-0.25, -0.2) is 17.2 Å². The smallest absolute Gasteiger partial charge is 0.243 e. The average molecular weight is 468 g/mol. The maximum atomic E-state index is 13.6. The number of hydrogen-bond acceptors (Lipinski definition) is 5. The monoisotopic (exact) mass is 467 g/mol. The Morgan fingerprint density at radius 3 is 2.56 bits per heavy atom. The maximum Gasteiger partial charge on any atom is 0.243 e. The van der Waals surface area contributed by atoms with Crippen LogP contribution in [0.25, 0.3) is 0 Å². The van der Waals surface area contributed by atoms with Gasteiger partial charge in [-0.3, -0.25) is 4.79 Å². The standard InChI is InChI=1S/C22H27F2N3O4S/c1-14-4-3-5-19(8-14)32(30,31)27-7-6-25-21(13-27)22(29)20(26-15(2)28)11-16-9-17(23)12-18(24)10-16/h3-5,8-10,12,20-22,25,29H,6-7,11,13H2,1-2H3,(H,26,28)/t20-,21+,22-/m0/s1. The Hall–Kier alpha value is -2.40. The lowest BCUT2D eigenvalue weighted by molar-refractivity contribution is -0.120. The number of amides is 1. The van der Waals surface area contributed by atoms with E-state index in [1.54, 1.807) is 25.1 Å². The third kappa shape index (κ3) is 5.89. The van der Waals surface area contributed by atoms with Gasteiger partial charge in [-0.15, -0.1) is 0 Å². The molecule has 1 amide bonds. The second-order valence-electron chi connectivity index (χ2n) is 8.02. The van der Waals surface area contributed by atoms with Crippen LogP contribution in [-0.4, -0.2) is 61.6 Å². The number of aliphatic hydroxyl groups is 1. The number of nitrogens with zero attached hydrogens (tertiary/aromatic N) is 1. The predicted octanol–water partition coefficient (Wildman–Crippen LogP) is 1.34. The number of carbonyl (C=O) groups is 1. The zero-order chi connectivity index (χ0) is 23.5. The molecule has 174 valence electrons. The van der Waals surface area contributed by atoms with Crippen molar-refractivity contribution in [2.45, 2.75) is 43.4 Å². The molecule has 3 rings (SSSR count). The summed E-state index contributed by atoms with van der Waals surface area (Å²) in [6.07, 6.45) is -1.24. The lowest BCUT2D eigenvalue weighted by Gasteiger charge is -2.38. The van der Waals surface area contributed by atoms with Crippen molar-refractivity contribution >= 4 is 15.9 Å². The summed E-state index contributed by atoms with van der Waals surface area (Å²) in [6.45, 7) is 3.57. The van der Waals surface area contributed by atoms with Gasteiger partial charge in [0.2, 0.25) is 15.9 Å². The van der Waals surface area contributed by atoms with Gasteiger partial charge in [-0.1, -0.05) is 12.1 Å². The van der Waals surface area contributed by atoms with Crippen molar-refractivity contribution in [1.29, 1.82) is 0 Å². The molecule has 32 heavy (non-hydrogen) atoms. The molecule has 1 fully saturated rings. The first-order chi connectivity index (χ1) is 15.1. The summed E-state index contributed by atoms with van der Waals surface area (Å²) in [4.78, 5) is 11.9. The summed E-state index contributed by atoms with van der Waals surface area (Å²) in [5.41, 5.74) is 1.08. The van der Waals surface area contributed by atoms with Crippen LogP contribution in [0.4, 0.5) is 8.78 Å². The predicted molar refractivity (Wildman–Crippen MR) is 115 cm³/mol. The van der Waals surface area contributed by atoms with E-state index < -0.39 is 45.8 Å². The summed E-state index contributed by atoms with van der Waals surface area (Å²) < 4.78 is 54.6. The molecule has 0 aliphatic carbocycles. The summed E-state index contributed by atoms with van der Waals surface area (Å²) in [5, 5.41) is 16.7. The van der Waals surface area contributed by atoms with Gasteiger partial charge < -0.3 is 15.7 Å². The van der Waals surface area contributed by atoms with E-state index in [-0.39, 0.29) is 30.0 Å². The molecule has 0 bridgehead atoms. The Morgan fingerprint density at radius 2 is 1.94 bits per heavy atom. The molecular formula is C22H27F2N3O4S. The van der Waals surface area contributed by atoms with Gasteiger partial charge in [0.15, 0.2) is 0 Å². The fourth-order valence-corrected chi connectivity index (χ4v) is 5.48. The first-order valence-electron chi connectivity index (χ1n) is 10.3. The van der Waals surface area contributed by atoms with E-state index >= 15 is 0 Å². The van der Waals surface area contributed by atoms with Crippen molar-refractivity contribution in [2.24, 2.45) is 0 Å². The molecule has 0 unspecified atom stereocenters. The molecule has 7 nitrogen and oxygen atoms in total. The van der Waals surface area contributed by atoms with Crippen LogP contribution in [0.2, 0.25) is 0 Å². The van der Waals surface area contributed by atoms with Crippen LogP contribution in [0.15, 0.2) is 47.4 Å². The second-order valence-corrected chi connectivity index (χ2v) is 9.96. The summed E-state index contributed by atoms with van der Waals surface area (Å²) in [6, 6.07) is 8.00. The zero-order valence-corrected chi connectivity index (χ0v) is 18.7.